The second-order valence-corrected chi connectivity index (χ2v) is 7.57. The van der Waals surface area contributed by atoms with Crippen LogP contribution < -0.4 is 15.0 Å². The van der Waals surface area contributed by atoms with E-state index in [1.54, 1.807) is 41.2 Å². The van der Waals surface area contributed by atoms with E-state index in [2.05, 4.69) is 10.4 Å². The van der Waals surface area contributed by atoms with Gasteiger partial charge in [0, 0.05) is 17.8 Å². The van der Waals surface area contributed by atoms with Crippen LogP contribution in [0.1, 0.15) is 38.0 Å². The van der Waals surface area contributed by atoms with Crippen molar-refractivity contribution in [2.24, 2.45) is 0 Å². The first-order valence-electron chi connectivity index (χ1n) is 10.7. The lowest BCUT2D eigenvalue weighted by Gasteiger charge is -2.14. The SMILES string of the molecule is CCOc1ccc(N2C(=O)c3ccc(C(=O)Nc4ccn(-c5ccccc5)n4)cc3C2=O)cc1. The Kier molecular flexibility index (Phi) is 5.39. The quantitative estimate of drug-likeness (QED) is 0.440. The molecule has 5 rings (SSSR count). The number of carbonyl (C=O) groups is 3. The second-order valence-electron chi connectivity index (χ2n) is 7.57. The van der Waals surface area contributed by atoms with E-state index in [0.29, 0.717) is 23.9 Å². The van der Waals surface area contributed by atoms with E-state index in [0.717, 1.165) is 10.6 Å². The number of anilines is 2. The third-order valence-corrected chi connectivity index (χ3v) is 5.41. The molecule has 3 amide bonds. The lowest BCUT2D eigenvalue weighted by atomic mass is 10.1. The molecule has 1 aliphatic heterocycles. The average molecular weight is 452 g/mol. The fourth-order valence-corrected chi connectivity index (χ4v) is 3.78. The van der Waals surface area contributed by atoms with E-state index in [4.69, 9.17) is 4.74 Å². The fraction of sp³-hybridized carbons (Fsp3) is 0.0769. The minimum absolute atomic E-state index is 0.182. The minimum atomic E-state index is -0.479. The van der Waals surface area contributed by atoms with Gasteiger partial charge in [-0.15, -0.1) is 0 Å². The molecule has 4 aromatic rings. The van der Waals surface area contributed by atoms with Crippen LogP contribution in [0.5, 0.6) is 5.75 Å². The summed E-state index contributed by atoms with van der Waals surface area (Å²) in [4.78, 5) is 39.8. The topological polar surface area (TPSA) is 93.5 Å². The first-order valence-corrected chi connectivity index (χ1v) is 10.7. The summed E-state index contributed by atoms with van der Waals surface area (Å²) in [6, 6.07) is 22.4. The van der Waals surface area contributed by atoms with Gasteiger partial charge >= 0.3 is 0 Å². The highest BCUT2D eigenvalue weighted by Crippen LogP contribution is 2.30. The number of hydrogen-bond acceptors (Lipinski definition) is 5. The summed E-state index contributed by atoms with van der Waals surface area (Å²) >= 11 is 0. The molecule has 0 bridgehead atoms. The molecule has 1 aromatic heterocycles. The Morgan fingerprint density at radius 3 is 2.35 bits per heavy atom. The van der Waals surface area contributed by atoms with E-state index in [1.807, 2.05) is 37.3 Å². The van der Waals surface area contributed by atoms with Gasteiger partial charge in [-0.1, -0.05) is 18.2 Å². The molecular formula is C26H20N4O4. The number of rotatable bonds is 6. The van der Waals surface area contributed by atoms with E-state index < -0.39 is 17.7 Å². The lowest BCUT2D eigenvalue weighted by molar-refractivity contribution is 0.0925. The fourth-order valence-electron chi connectivity index (χ4n) is 3.78. The number of nitrogens with zero attached hydrogens (tertiary/aromatic N) is 3. The molecule has 3 aromatic carbocycles. The summed E-state index contributed by atoms with van der Waals surface area (Å²) in [5.74, 6) is -0.324. The summed E-state index contributed by atoms with van der Waals surface area (Å²) in [6.07, 6.45) is 1.74. The van der Waals surface area contributed by atoms with Crippen molar-refractivity contribution in [3.63, 3.8) is 0 Å². The van der Waals surface area contributed by atoms with Crippen molar-refractivity contribution in [2.75, 3.05) is 16.8 Å². The van der Waals surface area contributed by atoms with Crippen molar-refractivity contribution in [1.82, 2.24) is 9.78 Å². The summed E-state index contributed by atoms with van der Waals surface area (Å²) in [5, 5.41) is 7.09. The lowest BCUT2D eigenvalue weighted by Crippen LogP contribution is -2.29. The number of ether oxygens (including phenoxy) is 1. The largest absolute Gasteiger partial charge is 0.494 e. The standard InChI is InChI=1S/C26H20N4O4/c1-2-34-20-11-9-19(10-12-20)30-25(32)21-13-8-17(16-22(21)26(30)33)24(31)27-23-14-15-29(28-23)18-6-4-3-5-7-18/h3-16H,2H2,1H3,(H,27,28,31). The van der Waals surface area contributed by atoms with Gasteiger partial charge in [0.25, 0.3) is 17.7 Å². The van der Waals surface area contributed by atoms with Crippen LogP contribution in [0.2, 0.25) is 0 Å². The number of amides is 3. The average Bonchev–Trinajstić information content (AvgIpc) is 3.43. The normalized spacial score (nSPS) is 12.6. The van der Waals surface area contributed by atoms with Gasteiger partial charge in [0.05, 0.1) is 29.1 Å². The Labute approximate surface area is 195 Å². The Morgan fingerprint density at radius 1 is 0.882 bits per heavy atom. The molecule has 0 saturated carbocycles. The van der Waals surface area contributed by atoms with Gasteiger partial charge in [-0.25, -0.2) is 9.58 Å². The molecule has 0 saturated heterocycles. The van der Waals surface area contributed by atoms with Crippen molar-refractivity contribution in [1.29, 1.82) is 0 Å². The zero-order valence-electron chi connectivity index (χ0n) is 18.3. The van der Waals surface area contributed by atoms with Gasteiger partial charge in [0.2, 0.25) is 0 Å². The van der Waals surface area contributed by atoms with E-state index in [-0.39, 0.29) is 16.7 Å². The van der Waals surface area contributed by atoms with Crippen LogP contribution in [-0.4, -0.2) is 34.1 Å². The molecule has 1 aliphatic rings. The smallest absolute Gasteiger partial charge is 0.266 e. The zero-order valence-corrected chi connectivity index (χ0v) is 18.3. The molecule has 2 heterocycles. The Bertz CT molecular complexity index is 1390. The molecule has 0 fully saturated rings. The first kappa shape index (κ1) is 21.1. The highest BCUT2D eigenvalue weighted by Gasteiger charge is 2.37. The number of fused-ring (bicyclic) bond motifs is 1. The van der Waals surface area contributed by atoms with Gasteiger partial charge in [-0.2, -0.15) is 5.10 Å². The van der Waals surface area contributed by atoms with E-state index >= 15 is 0 Å². The number of benzene rings is 3. The maximum atomic E-state index is 13.0. The maximum Gasteiger partial charge on any atom is 0.266 e. The molecule has 0 radical (unpaired) electrons. The summed E-state index contributed by atoms with van der Waals surface area (Å²) in [5.41, 5.74) is 1.99. The van der Waals surface area contributed by atoms with Gasteiger partial charge in [0.15, 0.2) is 5.82 Å². The second kappa shape index (κ2) is 8.67. The van der Waals surface area contributed by atoms with Gasteiger partial charge in [0.1, 0.15) is 5.75 Å². The molecule has 1 N–H and O–H groups in total. The number of nitrogens with one attached hydrogen (secondary N) is 1. The molecule has 0 unspecified atom stereocenters. The molecule has 0 spiro atoms. The molecule has 0 atom stereocenters. The molecular weight excluding hydrogens is 432 g/mol. The van der Waals surface area contributed by atoms with Gasteiger partial charge < -0.3 is 10.1 Å². The molecule has 8 heteroatoms. The number of aromatic nitrogens is 2. The van der Waals surface area contributed by atoms with Crippen molar-refractivity contribution >= 4 is 29.2 Å². The maximum absolute atomic E-state index is 13.0. The molecule has 168 valence electrons. The van der Waals surface area contributed by atoms with Crippen molar-refractivity contribution in [2.45, 2.75) is 6.92 Å². The van der Waals surface area contributed by atoms with Gasteiger partial charge in [-0.05, 0) is 61.5 Å². The predicted molar refractivity (Wildman–Crippen MR) is 127 cm³/mol. The molecule has 0 aliphatic carbocycles. The summed E-state index contributed by atoms with van der Waals surface area (Å²) < 4.78 is 7.07. The van der Waals surface area contributed by atoms with E-state index in [1.165, 1.54) is 18.2 Å². The van der Waals surface area contributed by atoms with E-state index in [9.17, 15) is 14.4 Å². The highest BCUT2D eigenvalue weighted by molar-refractivity contribution is 6.34. The Hall–Kier alpha value is -4.72. The van der Waals surface area contributed by atoms with Crippen LogP contribution in [0.4, 0.5) is 11.5 Å². The van der Waals surface area contributed by atoms with Crippen LogP contribution in [0.25, 0.3) is 5.69 Å². The number of imide groups is 1. The van der Waals surface area contributed by atoms with Crippen molar-refractivity contribution in [3.8, 4) is 11.4 Å². The number of carbonyl (C=O) groups excluding carboxylic acids is 3. The van der Waals surface area contributed by atoms with Crippen LogP contribution in [0.15, 0.2) is 85.1 Å². The highest BCUT2D eigenvalue weighted by atomic mass is 16.5. The first-order chi connectivity index (χ1) is 16.5. The Balaban J connectivity index is 1.35. The van der Waals surface area contributed by atoms with Crippen LogP contribution in [0.3, 0.4) is 0 Å². The third kappa shape index (κ3) is 3.81. The number of hydrogen-bond donors (Lipinski definition) is 1. The predicted octanol–water partition coefficient (Wildman–Crippen LogP) is 4.32. The Morgan fingerprint density at radius 2 is 1.62 bits per heavy atom. The molecule has 8 nitrogen and oxygen atoms in total. The van der Waals surface area contributed by atoms with Crippen LogP contribution in [-0.2, 0) is 0 Å². The summed E-state index contributed by atoms with van der Waals surface area (Å²) in [6.45, 7) is 2.39. The molecule has 34 heavy (non-hydrogen) atoms. The van der Waals surface area contributed by atoms with Crippen molar-refractivity contribution < 1.29 is 19.1 Å². The van der Waals surface area contributed by atoms with Crippen LogP contribution >= 0.6 is 0 Å². The minimum Gasteiger partial charge on any atom is -0.494 e. The monoisotopic (exact) mass is 452 g/mol. The van der Waals surface area contributed by atoms with Crippen LogP contribution in [0, 0.1) is 0 Å². The third-order valence-electron chi connectivity index (χ3n) is 5.41. The number of para-hydroxylation sites is 1. The van der Waals surface area contributed by atoms with Gasteiger partial charge in [-0.3, -0.25) is 14.4 Å². The van der Waals surface area contributed by atoms with Crippen molar-refractivity contribution in [3.05, 3.63) is 102 Å². The zero-order chi connectivity index (χ0) is 23.7. The summed E-state index contributed by atoms with van der Waals surface area (Å²) in [7, 11) is 0.